The Balaban J connectivity index is 1.99. The van der Waals surface area contributed by atoms with Crippen molar-refractivity contribution < 1.29 is 36.2 Å². The molecule has 1 atom stereocenters. The third-order valence-electron chi connectivity index (χ3n) is 3.83. The number of ether oxygens (including phenoxy) is 1. The Morgan fingerprint density at radius 1 is 1.15 bits per heavy atom. The molecule has 0 radical (unpaired) electrons. The summed E-state index contributed by atoms with van der Waals surface area (Å²) >= 11 is 0.632. The number of hydrogen-bond acceptors (Lipinski definition) is 6. The molecule has 0 spiro atoms. The Bertz CT molecular complexity index is 862. The second-order valence-electron chi connectivity index (χ2n) is 5.59. The number of benzene rings is 1. The zero-order valence-electron chi connectivity index (χ0n) is 13.5. The molecule has 3 rings (SSSR count). The van der Waals surface area contributed by atoms with Gasteiger partial charge >= 0.3 is 12.4 Å². The van der Waals surface area contributed by atoms with Gasteiger partial charge in [-0.2, -0.15) is 36.5 Å². The minimum absolute atomic E-state index is 0.118. The minimum Gasteiger partial charge on any atom is -0.497 e. The summed E-state index contributed by atoms with van der Waals surface area (Å²) in [6.07, 6.45) is -12.2. The Labute approximate surface area is 152 Å². The highest BCUT2D eigenvalue weighted by Crippen LogP contribution is 2.46. The second-order valence-corrected chi connectivity index (χ2v) is 6.43. The van der Waals surface area contributed by atoms with Gasteiger partial charge in [0.2, 0.25) is 5.13 Å². The van der Waals surface area contributed by atoms with Crippen LogP contribution in [0.1, 0.15) is 6.42 Å². The van der Waals surface area contributed by atoms with Gasteiger partial charge in [-0.05, 0) is 24.3 Å². The lowest BCUT2D eigenvalue weighted by Crippen LogP contribution is -2.55. The van der Waals surface area contributed by atoms with E-state index in [0.29, 0.717) is 22.6 Å². The largest absolute Gasteiger partial charge is 0.497 e. The van der Waals surface area contributed by atoms with Gasteiger partial charge in [-0.3, -0.25) is 0 Å². The minimum atomic E-state index is -5.38. The van der Waals surface area contributed by atoms with Gasteiger partial charge in [0.15, 0.2) is 0 Å². The van der Waals surface area contributed by atoms with Crippen LogP contribution in [0.4, 0.5) is 31.5 Å². The van der Waals surface area contributed by atoms with E-state index in [9.17, 15) is 31.4 Å². The smallest absolute Gasteiger partial charge is 0.438 e. The number of nitrogens with zero attached hydrogens (tertiary/aromatic N) is 3. The van der Waals surface area contributed by atoms with Gasteiger partial charge in [0, 0.05) is 10.9 Å². The Hall–Kier alpha value is -2.34. The maximum atomic E-state index is 13.3. The van der Waals surface area contributed by atoms with Crippen LogP contribution in [0.25, 0.3) is 11.3 Å². The molecule has 0 saturated heterocycles. The molecular weight excluding hydrogens is 400 g/mol. The number of hydrazone groups is 1. The molecule has 0 aliphatic carbocycles. The van der Waals surface area contributed by atoms with Crippen molar-refractivity contribution in [1.29, 1.82) is 0 Å². The van der Waals surface area contributed by atoms with Crippen molar-refractivity contribution in [2.75, 3.05) is 12.1 Å². The molecule has 5 nitrogen and oxygen atoms in total. The molecule has 12 heteroatoms. The first-order valence-corrected chi connectivity index (χ1v) is 8.17. The molecule has 1 N–H and O–H groups in total. The third kappa shape index (κ3) is 3.46. The van der Waals surface area contributed by atoms with Crippen molar-refractivity contribution in [2.45, 2.75) is 24.5 Å². The fraction of sp³-hybridized carbons (Fsp3) is 0.333. The summed E-state index contributed by atoms with van der Waals surface area (Å²) in [6.45, 7) is 0. The Morgan fingerprint density at radius 2 is 1.78 bits per heavy atom. The van der Waals surface area contributed by atoms with Crippen molar-refractivity contribution in [3.8, 4) is 17.0 Å². The maximum absolute atomic E-state index is 13.3. The van der Waals surface area contributed by atoms with E-state index < -0.39 is 35.3 Å². The molecule has 0 bridgehead atoms. The van der Waals surface area contributed by atoms with Crippen LogP contribution < -0.4 is 9.75 Å². The van der Waals surface area contributed by atoms with Crippen LogP contribution in [0.3, 0.4) is 0 Å². The second kappa shape index (κ2) is 6.37. The van der Waals surface area contributed by atoms with Crippen molar-refractivity contribution in [1.82, 2.24) is 4.98 Å². The lowest BCUT2D eigenvalue weighted by molar-refractivity contribution is -0.255. The van der Waals surface area contributed by atoms with E-state index in [-0.39, 0.29) is 10.7 Å². The van der Waals surface area contributed by atoms with Crippen LogP contribution in [-0.2, 0) is 0 Å². The van der Waals surface area contributed by atoms with Crippen LogP contribution >= 0.6 is 11.3 Å². The molecule has 1 aromatic carbocycles. The first kappa shape index (κ1) is 19.4. The first-order chi connectivity index (χ1) is 12.5. The lowest BCUT2D eigenvalue weighted by atomic mass is 10.1. The van der Waals surface area contributed by atoms with E-state index in [0.717, 1.165) is 0 Å². The molecule has 27 heavy (non-hydrogen) atoms. The Kier molecular flexibility index (Phi) is 4.58. The van der Waals surface area contributed by atoms with Crippen LogP contribution in [-0.4, -0.2) is 41.0 Å². The van der Waals surface area contributed by atoms with E-state index in [1.165, 1.54) is 12.5 Å². The molecule has 146 valence electrons. The van der Waals surface area contributed by atoms with Gasteiger partial charge in [0.1, 0.15) is 11.5 Å². The Morgan fingerprint density at radius 3 is 2.30 bits per heavy atom. The fourth-order valence-corrected chi connectivity index (χ4v) is 3.23. The molecule has 2 aromatic rings. The van der Waals surface area contributed by atoms with Crippen molar-refractivity contribution >= 4 is 22.2 Å². The lowest BCUT2D eigenvalue weighted by Gasteiger charge is -2.32. The predicted octanol–water partition coefficient (Wildman–Crippen LogP) is 4.20. The molecule has 2 heterocycles. The number of rotatable bonds is 3. The number of aliphatic hydroxyl groups is 1. The highest BCUT2D eigenvalue weighted by molar-refractivity contribution is 7.14. The van der Waals surface area contributed by atoms with Crippen molar-refractivity contribution in [2.24, 2.45) is 5.10 Å². The average Bonchev–Trinajstić information content (AvgIpc) is 3.19. The third-order valence-corrected chi connectivity index (χ3v) is 4.64. The normalized spacial score (nSPS) is 20.7. The van der Waals surface area contributed by atoms with Crippen LogP contribution in [0, 0.1) is 0 Å². The topological polar surface area (TPSA) is 58.0 Å². The van der Waals surface area contributed by atoms with Crippen molar-refractivity contribution in [3.63, 3.8) is 0 Å². The summed E-state index contributed by atoms with van der Waals surface area (Å²) in [6, 6.07) is 6.36. The summed E-state index contributed by atoms with van der Waals surface area (Å²) in [5, 5.41) is 13.7. The van der Waals surface area contributed by atoms with Gasteiger partial charge in [-0.15, -0.1) is 11.3 Å². The molecular formula is C15H11F6N3O2S. The number of hydrogen-bond donors (Lipinski definition) is 1. The number of halogens is 6. The fourth-order valence-electron chi connectivity index (χ4n) is 2.38. The van der Waals surface area contributed by atoms with E-state index in [1.807, 2.05) is 0 Å². The van der Waals surface area contributed by atoms with E-state index in [4.69, 9.17) is 4.74 Å². The van der Waals surface area contributed by atoms with Crippen LogP contribution in [0.5, 0.6) is 5.75 Å². The monoisotopic (exact) mass is 411 g/mol. The summed E-state index contributed by atoms with van der Waals surface area (Å²) < 4.78 is 83.4. The molecule has 1 aliphatic heterocycles. The average molecular weight is 411 g/mol. The summed E-state index contributed by atoms with van der Waals surface area (Å²) in [4.78, 5) is 3.91. The number of thiazole rings is 1. The highest BCUT2D eigenvalue weighted by atomic mass is 32.1. The van der Waals surface area contributed by atoms with Gasteiger partial charge in [-0.25, -0.2) is 4.98 Å². The summed E-state index contributed by atoms with van der Waals surface area (Å²) in [5.41, 5.74) is -4.83. The zero-order valence-corrected chi connectivity index (χ0v) is 14.3. The van der Waals surface area contributed by atoms with Crippen molar-refractivity contribution in [3.05, 3.63) is 29.6 Å². The molecule has 0 fully saturated rings. The number of aromatic nitrogens is 1. The number of alkyl halides is 6. The predicted molar refractivity (Wildman–Crippen MR) is 85.7 cm³/mol. The van der Waals surface area contributed by atoms with E-state index in [2.05, 4.69) is 10.1 Å². The maximum Gasteiger partial charge on any atom is 0.438 e. The number of methoxy groups -OCH3 is 1. The molecule has 1 unspecified atom stereocenters. The summed E-state index contributed by atoms with van der Waals surface area (Å²) in [7, 11) is 1.46. The van der Waals surface area contributed by atoms with Gasteiger partial charge in [0.25, 0.3) is 5.72 Å². The standard InChI is InChI=1S/C15H11F6N3O2S/c1-26-9-4-2-8(3-5-9)10-7-27-12(22-10)24-13(25,15(19,20)21)6-11(23-24)14(16,17)18/h2-5,7,25H,6H2,1H3. The highest BCUT2D eigenvalue weighted by Gasteiger charge is 2.65. The molecule has 0 saturated carbocycles. The van der Waals surface area contributed by atoms with Crippen LogP contribution in [0.2, 0.25) is 0 Å². The van der Waals surface area contributed by atoms with Gasteiger partial charge in [0.05, 0.1) is 19.2 Å². The molecule has 1 aliphatic rings. The quantitative estimate of drug-likeness (QED) is 0.770. The zero-order chi connectivity index (χ0) is 20.0. The summed E-state index contributed by atoms with van der Waals surface area (Å²) in [5.74, 6) is 0.541. The van der Waals surface area contributed by atoms with Gasteiger partial charge < -0.3 is 9.84 Å². The molecule has 1 aromatic heterocycles. The van der Waals surface area contributed by atoms with Crippen LogP contribution in [0.15, 0.2) is 34.7 Å². The number of anilines is 1. The molecule has 0 amide bonds. The van der Waals surface area contributed by atoms with Gasteiger partial charge in [-0.1, -0.05) is 0 Å². The SMILES string of the molecule is COc1ccc(-c2csc(N3N=C(C(F)(F)F)CC3(O)C(F)(F)F)n2)cc1. The first-order valence-electron chi connectivity index (χ1n) is 7.29. The van der Waals surface area contributed by atoms with E-state index in [1.54, 1.807) is 24.3 Å². The van der Waals surface area contributed by atoms with E-state index >= 15 is 0 Å².